The first-order chi connectivity index (χ1) is 14.2. The van der Waals surface area contributed by atoms with Gasteiger partial charge >= 0.3 is 5.69 Å². The number of anilines is 1. The number of nitrogens with one attached hydrogen (secondary N) is 1. The van der Waals surface area contributed by atoms with Gasteiger partial charge in [0.1, 0.15) is 0 Å². The number of carbonyl (C=O) groups excluding carboxylic acids is 1. The molecule has 9 nitrogen and oxygen atoms in total. The number of aromatic nitrogens is 3. The molecular formula is C20H21N5O4. The van der Waals surface area contributed by atoms with Gasteiger partial charge in [0, 0.05) is 37.0 Å². The van der Waals surface area contributed by atoms with Crippen LogP contribution in [0.3, 0.4) is 0 Å². The number of nitrogens with zero attached hydrogens (tertiary/aromatic N) is 4. The highest BCUT2D eigenvalue weighted by molar-refractivity contribution is 5.93. The second kappa shape index (κ2) is 7.25. The van der Waals surface area contributed by atoms with E-state index in [-0.39, 0.29) is 24.3 Å². The van der Waals surface area contributed by atoms with E-state index in [0.717, 1.165) is 25.9 Å². The SMILES string of the molecule is O=C(Nc1ccc2c(c1)OCO2)C1CCN(Cn2nc3ccccn3c2=O)CC1. The molecule has 4 heterocycles. The molecule has 1 saturated heterocycles. The van der Waals surface area contributed by atoms with E-state index in [4.69, 9.17) is 9.47 Å². The Balaban J connectivity index is 1.18. The fourth-order valence-electron chi connectivity index (χ4n) is 3.80. The number of benzene rings is 1. The lowest BCUT2D eigenvalue weighted by Crippen LogP contribution is -2.41. The monoisotopic (exact) mass is 395 g/mol. The number of likely N-dealkylation sites (tertiary alicyclic amines) is 1. The van der Waals surface area contributed by atoms with Crippen LogP contribution in [0.4, 0.5) is 5.69 Å². The molecule has 2 aliphatic rings. The number of fused-ring (bicyclic) bond motifs is 2. The lowest BCUT2D eigenvalue weighted by Gasteiger charge is -2.30. The Bertz CT molecular complexity index is 1110. The number of hydrogen-bond donors (Lipinski definition) is 1. The average molecular weight is 395 g/mol. The molecule has 0 bridgehead atoms. The summed E-state index contributed by atoms with van der Waals surface area (Å²) >= 11 is 0. The van der Waals surface area contributed by atoms with E-state index >= 15 is 0 Å². The third kappa shape index (κ3) is 3.44. The van der Waals surface area contributed by atoms with E-state index in [2.05, 4.69) is 15.3 Å². The minimum Gasteiger partial charge on any atom is -0.454 e. The van der Waals surface area contributed by atoms with Gasteiger partial charge in [-0.3, -0.25) is 14.1 Å². The van der Waals surface area contributed by atoms with Crippen molar-refractivity contribution in [3.8, 4) is 11.5 Å². The van der Waals surface area contributed by atoms with Crippen molar-refractivity contribution in [2.75, 3.05) is 25.2 Å². The first kappa shape index (κ1) is 17.7. The van der Waals surface area contributed by atoms with Crippen molar-refractivity contribution in [2.24, 2.45) is 5.92 Å². The second-order valence-corrected chi connectivity index (χ2v) is 7.30. The zero-order valence-electron chi connectivity index (χ0n) is 15.8. The molecule has 9 heteroatoms. The van der Waals surface area contributed by atoms with Gasteiger partial charge in [-0.1, -0.05) is 6.07 Å². The van der Waals surface area contributed by atoms with Gasteiger partial charge in [-0.25, -0.2) is 4.79 Å². The Kier molecular flexibility index (Phi) is 4.44. The van der Waals surface area contributed by atoms with Crippen molar-refractivity contribution >= 4 is 17.2 Å². The molecule has 3 aromatic rings. The number of amides is 1. The van der Waals surface area contributed by atoms with Gasteiger partial charge < -0.3 is 14.8 Å². The number of hydrogen-bond acceptors (Lipinski definition) is 6. The maximum atomic E-state index is 12.6. The first-order valence-corrected chi connectivity index (χ1v) is 9.64. The standard InChI is InChI=1S/C20H21N5O4/c26-19(21-15-4-5-16-17(11-15)29-13-28-16)14-6-9-23(10-7-14)12-25-20(27)24-8-2-1-3-18(24)22-25/h1-5,8,11,14H,6-7,9-10,12-13H2,(H,21,26). The molecule has 2 aromatic heterocycles. The summed E-state index contributed by atoms with van der Waals surface area (Å²) in [5.41, 5.74) is 1.19. The molecule has 0 aliphatic carbocycles. The van der Waals surface area contributed by atoms with E-state index in [1.165, 1.54) is 9.08 Å². The Morgan fingerprint density at radius 1 is 1.14 bits per heavy atom. The quantitative estimate of drug-likeness (QED) is 0.721. The number of pyridine rings is 1. The third-order valence-electron chi connectivity index (χ3n) is 5.42. The zero-order chi connectivity index (χ0) is 19.8. The predicted octanol–water partition coefficient (Wildman–Crippen LogP) is 1.53. The van der Waals surface area contributed by atoms with E-state index < -0.39 is 0 Å². The van der Waals surface area contributed by atoms with Crippen molar-refractivity contribution in [1.29, 1.82) is 0 Å². The molecule has 1 amide bonds. The van der Waals surface area contributed by atoms with Gasteiger partial charge in [0.05, 0.1) is 6.67 Å². The normalized spacial score (nSPS) is 17.0. The van der Waals surface area contributed by atoms with Crippen LogP contribution in [-0.2, 0) is 11.5 Å². The topological polar surface area (TPSA) is 90.1 Å². The Labute approximate surface area is 166 Å². The second-order valence-electron chi connectivity index (χ2n) is 7.30. The van der Waals surface area contributed by atoms with Gasteiger partial charge in [0.25, 0.3) is 0 Å². The van der Waals surface area contributed by atoms with Crippen LogP contribution in [0.5, 0.6) is 11.5 Å². The molecule has 150 valence electrons. The average Bonchev–Trinajstić information content (AvgIpc) is 3.33. The Morgan fingerprint density at radius 2 is 1.97 bits per heavy atom. The predicted molar refractivity (Wildman–Crippen MR) is 105 cm³/mol. The largest absolute Gasteiger partial charge is 0.454 e. The summed E-state index contributed by atoms with van der Waals surface area (Å²) < 4.78 is 13.7. The smallest absolute Gasteiger partial charge is 0.351 e. The Hall–Kier alpha value is -3.33. The van der Waals surface area contributed by atoms with Gasteiger partial charge in [-0.15, -0.1) is 5.10 Å². The Morgan fingerprint density at radius 3 is 2.79 bits per heavy atom. The lowest BCUT2D eigenvalue weighted by molar-refractivity contribution is -0.121. The summed E-state index contributed by atoms with van der Waals surface area (Å²) in [7, 11) is 0. The van der Waals surface area contributed by atoms with Gasteiger partial charge in [-0.05, 0) is 37.1 Å². The highest BCUT2D eigenvalue weighted by Gasteiger charge is 2.26. The van der Waals surface area contributed by atoms with Crippen molar-refractivity contribution in [3.05, 3.63) is 53.1 Å². The van der Waals surface area contributed by atoms with Crippen LogP contribution in [0.1, 0.15) is 12.8 Å². The first-order valence-electron chi connectivity index (χ1n) is 9.64. The molecular weight excluding hydrogens is 374 g/mol. The summed E-state index contributed by atoms with van der Waals surface area (Å²) in [5.74, 6) is 1.29. The van der Waals surface area contributed by atoms with Crippen LogP contribution in [0.25, 0.3) is 5.65 Å². The van der Waals surface area contributed by atoms with Crippen LogP contribution in [-0.4, -0.2) is 44.9 Å². The van der Waals surface area contributed by atoms with Crippen molar-refractivity contribution in [3.63, 3.8) is 0 Å². The highest BCUT2D eigenvalue weighted by Crippen LogP contribution is 2.34. The zero-order valence-corrected chi connectivity index (χ0v) is 15.8. The minimum absolute atomic E-state index is 0.00779. The van der Waals surface area contributed by atoms with E-state index in [1.807, 2.05) is 24.3 Å². The maximum absolute atomic E-state index is 12.6. The van der Waals surface area contributed by atoms with Crippen LogP contribution >= 0.6 is 0 Å². The molecule has 0 spiro atoms. The number of carbonyl (C=O) groups is 1. The summed E-state index contributed by atoms with van der Waals surface area (Å²) in [5, 5.41) is 7.34. The lowest BCUT2D eigenvalue weighted by atomic mass is 9.96. The molecule has 5 rings (SSSR count). The van der Waals surface area contributed by atoms with Crippen LogP contribution in [0.2, 0.25) is 0 Å². The molecule has 29 heavy (non-hydrogen) atoms. The van der Waals surface area contributed by atoms with Crippen LogP contribution < -0.4 is 20.5 Å². The molecule has 0 saturated carbocycles. The van der Waals surface area contributed by atoms with Crippen LogP contribution in [0.15, 0.2) is 47.4 Å². The van der Waals surface area contributed by atoms with Crippen molar-refractivity contribution in [1.82, 2.24) is 19.1 Å². The van der Waals surface area contributed by atoms with E-state index in [1.54, 1.807) is 18.3 Å². The van der Waals surface area contributed by atoms with Crippen LogP contribution in [0, 0.1) is 5.92 Å². The van der Waals surface area contributed by atoms with Gasteiger partial charge in [-0.2, -0.15) is 4.68 Å². The maximum Gasteiger partial charge on any atom is 0.351 e. The summed E-state index contributed by atoms with van der Waals surface area (Å²) in [6, 6.07) is 10.9. The molecule has 1 fully saturated rings. The number of piperidine rings is 1. The summed E-state index contributed by atoms with van der Waals surface area (Å²) in [4.78, 5) is 27.2. The third-order valence-corrected chi connectivity index (χ3v) is 5.42. The summed E-state index contributed by atoms with van der Waals surface area (Å²) in [6.07, 6.45) is 3.19. The van der Waals surface area contributed by atoms with Gasteiger partial charge in [0.15, 0.2) is 17.1 Å². The molecule has 1 aromatic carbocycles. The van der Waals surface area contributed by atoms with E-state index in [0.29, 0.717) is 29.5 Å². The highest BCUT2D eigenvalue weighted by atomic mass is 16.7. The summed E-state index contributed by atoms with van der Waals surface area (Å²) in [6.45, 7) is 2.11. The molecule has 1 N–H and O–H groups in total. The molecule has 0 unspecified atom stereocenters. The number of ether oxygens (including phenoxy) is 2. The van der Waals surface area contributed by atoms with Gasteiger partial charge in [0.2, 0.25) is 12.7 Å². The van der Waals surface area contributed by atoms with Crippen molar-refractivity contribution in [2.45, 2.75) is 19.5 Å². The minimum atomic E-state index is -0.150. The number of rotatable bonds is 4. The molecule has 0 radical (unpaired) electrons. The van der Waals surface area contributed by atoms with Crippen molar-refractivity contribution < 1.29 is 14.3 Å². The molecule has 0 atom stereocenters. The fourth-order valence-corrected chi connectivity index (χ4v) is 3.80. The molecule has 2 aliphatic heterocycles. The fraction of sp³-hybridized carbons (Fsp3) is 0.350. The van der Waals surface area contributed by atoms with E-state index in [9.17, 15) is 9.59 Å².